The van der Waals surface area contributed by atoms with Gasteiger partial charge in [0.25, 0.3) is 0 Å². The molecule has 0 aliphatic heterocycles. The molecule has 66 valence electrons. The third-order valence-electron chi connectivity index (χ3n) is 1.75. The molecule has 0 saturated carbocycles. The number of nitrogens with one attached hydrogen (secondary N) is 1. The zero-order chi connectivity index (χ0) is 8.97. The third-order valence-corrected chi connectivity index (χ3v) is 2.16. The number of thiol groups is 1. The van der Waals surface area contributed by atoms with Gasteiger partial charge in [0.1, 0.15) is 0 Å². The first-order valence-electron chi connectivity index (χ1n) is 3.83. The fourth-order valence-corrected chi connectivity index (χ4v) is 1.50. The summed E-state index contributed by atoms with van der Waals surface area (Å²) >= 11 is 9.93. The maximum atomic E-state index is 5.84. The summed E-state index contributed by atoms with van der Waals surface area (Å²) in [4.78, 5) is 0. The molecule has 1 N–H and O–H groups in total. The van der Waals surface area contributed by atoms with Gasteiger partial charge in [-0.3, -0.25) is 0 Å². The first-order valence-corrected chi connectivity index (χ1v) is 4.85. The number of benzene rings is 1. The molecule has 1 aromatic carbocycles. The molecule has 0 heterocycles. The van der Waals surface area contributed by atoms with Crippen LogP contribution in [0.5, 0.6) is 0 Å². The summed E-state index contributed by atoms with van der Waals surface area (Å²) in [5.74, 6) is 0.674. The van der Waals surface area contributed by atoms with Crippen molar-refractivity contribution in [2.24, 2.45) is 0 Å². The molecule has 1 nitrogen and oxygen atoms in total. The van der Waals surface area contributed by atoms with Gasteiger partial charge in [0, 0.05) is 16.9 Å². The maximum Gasteiger partial charge on any atom is 0.0409 e. The van der Waals surface area contributed by atoms with Crippen LogP contribution in [0.25, 0.3) is 0 Å². The minimum Gasteiger partial charge on any atom is -0.301 e. The van der Waals surface area contributed by atoms with E-state index in [0.717, 1.165) is 5.02 Å². The van der Waals surface area contributed by atoms with E-state index in [4.69, 9.17) is 11.6 Å². The van der Waals surface area contributed by atoms with Gasteiger partial charge in [-0.2, -0.15) is 12.6 Å². The molecule has 0 aliphatic rings. The van der Waals surface area contributed by atoms with Crippen LogP contribution in [0.1, 0.15) is 18.5 Å². The van der Waals surface area contributed by atoms with E-state index in [9.17, 15) is 0 Å². The topological polar surface area (TPSA) is 12.0 Å². The molecule has 0 aliphatic carbocycles. The van der Waals surface area contributed by atoms with Gasteiger partial charge in [0.2, 0.25) is 0 Å². The first kappa shape index (κ1) is 9.90. The highest BCUT2D eigenvalue weighted by Crippen LogP contribution is 2.16. The van der Waals surface area contributed by atoms with E-state index in [2.05, 4.69) is 24.9 Å². The Bertz CT molecular complexity index is 252. The average molecular weight is 202 g/mol. The van der Waals surface area contributed by atoms with Crippen LogP contribution in [0, 0.1) is 0 Å². The fraction of sp³-hybridized carbons (Fsp3) is 0.333. The predicted molar refractivity (Wildman–Crippen MR) is 56.9 cm³/mol. The molecule has 12 heavy (non-hydrogen) atoms. The van der Waals surface area contributed by atoms with Crippen molar-refractivity contribution in [2.75, 3.05) is 5.88 Å². The van der Waals surface area contributed by atoms with E-state index < -0.39 is 0 Å². The lowest BCUT2D eigenvalue weighted by Crippen LogP contribution is -2.16. The average Bonchev–Trinajstić information content (AvgIpc) is 2.05. The number of hydrogen-bond acceptors (Lipinski definition) is 2. The van der Waals surface area contributed by atoms with Crippen LogP contribution < -0.4 is 5.32 Å². The Balaban J connectivity index is 2.73. The largest absolute Gasteiger partial charge is 0.301 e. The SMILES string of the molecule is CC(NCS)c1cccc(Cl)c1. The molecule has 1 rings (SSSR count). The highest BCUT2D eigenvalue weighted by molar-refractivity contribution is 7.80. The van der Waals surface area contributed by atoms with Gasteiger partial charge >= 0.3 is 0 Å². The van der Waals surface area contributed by atoms with E-state index in [1.807, 2.05) is 24.3 Å². The standard InChI is InChI=1S/C9H12ClNS/c1-7(11-6-12)8-3-2-4-9(10)5-8/h2-5,7,11-12H,6H2,1H3. The van der Waals surface area contributed by atoms with Gasteiger partial charge < -0.3 is 5.32 Å². The van der Waals surface area contributed by atoms with Gasteiger partial charge in [0.15, 0.2) is 0 Å². The third kappa shape index (κ3) is 2.70. The zero-order valence-electron chi connectivity index (χ0n) is 6.92. The van der Waals surface area contributed by atoms with E-state index in [1.165, 1.54) is 5.56 Å². The van der Waals surface area contributed by atoms with Gasteiger partial charge in [-0.05, 0) is 24.6 Å². The Kier molecular flexibility index (Phi) is 3.92. The summed E-state index contributed by atoms with van der Waals surface area (Å²) in [6.07, 6.45) is 0. The van der Waals surface area contributed by atoms with Crippen molar-refractivity contribution < 1.29 is 0 Å². The Morgan fingerprint density at radius 3 is 2.92 bits per heavy atom. The lowest BCUT2D eigenvalue weighted by atomic mass is 10.1. The molecule has 0 radical (unpaired) electrons. The van der Waals surface area contributed by atoms with E-state index >= 15 is 0 Å². The Morgan fingerprint density at radius 2 is 2.33 bits per heavy atom. The van der Waals surface area contributed by atoms with Crippen LogP contribution in [0.4, 0.5) is 0 Å². The Hall–Kier alpha value is -0.180. The lowest BCUT2D eigenvalue weighted by molar-refractivity contribution is 0.640. The molecule has 0 saturated heterocycles. The molecular formula is C9H12ClNS. The highest BCUT2D eigenvalue weighted by Gasteiger charge is 2.02. The van der Waals surface area contributed by atoms with Crippen molar-refractivity contribution in [3.63, 3.8) is 0 Å². The summed E-state index contributed by atoms with van der Waals surface area (Å²) in [5.41, 5.74) is 1.19. The van der Waals surface area contributed by atoms with E-state index in [-0.39, 0.29) is 0 Å². The summed E-state index contributed by atoms with van der Waals surface area (Å²) in [7, 11) is 0. The molecule has 1 aromatic rings. The molecule has 0 aromatic heterocycles. The summed E-state index contributed by atoms with van der Waals surface area (Å²) in [5, 5.41) is 3.97. The number of hydrogen-bond donors (Lipinski definition) is 2. The van der Waals surface area contributed by atoms with Crippen molar-refractivity contribution in [3.05, 3.63) is 34.9 Å². The normalized spacial score (nSPS) is 12.9. The smallest absolute Gasteiger partial charge is 0.0409 e. The van der Waals surface area contributed by atoms with Crippen LogP contribution >= 0.6 is 24.2 Å². The van der Waals surface area contributed by atoms with Gasteiger partial charge in [-0.15, -0.1) is 0 Å². The zero-order valence-corrected chi connectivity index (χ0v) is 8.57. The molecule has 0 bridgehead atoms. The van der Waals surface area contributed by atoms with Crippen LogP contribution in [-0.4, -0.2) is 5.88 Å². The molecule has 3 heteroatoms. The quantitative estimate of drug-likeness (QED) is 0.566. The minimum atomic E-state index is 0.307. The summed E-state index contributed by atoms with van der Waals surface area (Å²) in [6, 6.07) is 8.14. The van der Waals surface area contributed by atoms with Crippen LogP contribution in [0.2, 0.25) is 5.02 Å². The van der Waals surface area contributed by atoms with E-state index in [1.54, 1.807) is 0 Å². The monoisotopic (exact) mass is 201 g/mol. The van der Waals surface area contributed by atoms with Gasteiger partial charge in [0.05, 0.1) is 0 Å². The van der Waals surface area contributed by atoms with Crippen molar-refractivity contribution in [1.82, 2.24) is 5.32 Å². The van der Waals surface area contributed by atoms with E-state index in [0.29, 0.717) is 11.9 Å². The lowest BCUT2D eigenvalue weighted by Gasteiger charge is -2.11. The highest BCUT2D eigenvalue weighted by atomic mass is 35.5. The fourth-order valence-electron chi connectivity index (χ4n) is 1.03. The van der Waals surface area contributed by atoms with Gasteiger partial charge in [-0.1, -0.05) is 23.7 Å². The molecule has 1 atom stereocenters. The second kappa shape index (κ2) is 4.75. The van der Waals surface area contributed by atoms with Crippen molar-refractivity contribution in [2.45, 2.75) is 13.0 Å². The molecule has 0 amide bonds. The van der Waals surface area contributed by atoms with Crippen LogP contribution in [-0.2, 0) is 0 Å². The summed E-state index contributed by atoms with van der Waals surface area (Å²) in [6.45, 7) is 2.09. The van der Waals surface area contributed by atoms with Gasteiger partial charge in [-0.25, -0.2) is 0 Å². The summed E-state index contributed by atoms with van der Waals surface area (Å²) < 4.78 is 0. The molecular weight excluding hydrogens is 190 g/mol. The van der Waals surface area contributed by atoms with Crippen LogP contribution in [0.15, 0.2) is 24.3 Å². The second-order valence-electron chi connectivity index (χ2n) is 2.64. The minimum absolute atomic E-state index is 0.307. The van der Waals surface area contributed by atoms with Crippen molar-refractivity contribution >= 4 is 24.2 Å². The molecule has 0 fully saturated rings. The Morgan fingerprint density at radius 1 is 1.58 bits per heavy atom. The first-order chi connectivity index (χ1) is 5.74. The number of halogens is 1. The second-order valence-corrected chi connectivity index (χ2v) is 3.39. The molecule has 0 spiro atoms. The van der Waals surface area contributed by atoms with Crippen molar-refractivity contribution in [3.8, 4) is 0 Å². The maximum absolute atomic E-state index is 5.84. The van der Waals surface area contributed by atoms with Crippen molar-refractivity contribution in [1.29, 1.82) is 0 Å². The number of rotatable bonds is 3. The molecule has 1 unspecified atom stereocenters. The predicted octanol–water partition coefficient (Wildman–Crippen LogP) is 2.88. The Labute approximate surface area is 83.5 Å². The van der Waals surface area contributed by atoms with Crippen LogP contribution in [0.3, 0.4) is 0 Å².